The Labute approximate surface area is 128 Å². The maximum atomic E-state index is 12.4. The zero-order chi connectivity index (χ0) is 15.5. The van der Waals surface area contributed by atoms with E-state index in [4.69, 9.17) is 9.47 Å². The van der Waals surface area contributed by atoms with Crippen LogP contribution in [0.15, 0.2) is 48.7 Å². The fourth-order valence-corrected chi connectivity index (χ4v) is 2.20. The number of benzene rings is 2. The lowest BCUT2D eigenvalue weighted by atomic mass is 10.2. The molecule has 0 aliphatic carbocycles. The van der Waals surface area contributed by atoms with Crippen molar-refractivity contribution in [1.29, 1.82) is 0 Å². The van der Waals surface area contributed by atoms with Crippen LogP contribution in [0.2, 0.25) is 0 Å². The minimum atomic E-state index is -0.249. The van der Waals surface area contributed by atoms with Crippen molar-refractivity contribution < 1.29 is 14.3 Å². The first-order valence-corrected chi connectivity index (χ1v) is 6.73. The van der Waals surface area contributed by atoms with E-state index in [1.807, 2.05) is 18.2 Å². The van der Waals surface area contributed by atoms with E-state index >= 15 is 0 Å². The van der Waals surface area contributed by atoms with Crippen molar-refractivity contribution in [3.05, 3.63) is 54.7 Å². The third kappa shape index (κ3) is 2.61. The Bertz CT molecular complexity index is 806. The van der Waals surface area contributed by atoms with Crippen LogP contribution in [-0.4, -0.2) is 24.8 Å². The molecule has 1 N–H and O–H groups in total. The number of carbonyl (C=O) groups excluding carboxylic acids is 1. The van der Waals surface area contributed by atoms with E-state index in [1.165, 1.54) is 4.57 Å². The van der Waals surface area contributed by atoms with Crippen molar-refractivity contribution in [2.75, 3.05) is 19.5 Å². The molecule has 0 saturated heterocycles. The van der Waals surface area contributed by atoms with Gasteiger partial charge < -0.3 is 14.8 Å². The number of amides is 1. The number of nitrogens with one attached hydrogen (secondary N) is 1. The van der Waals surface area contributed by atoms with Crippen LogP contribution in [0.1, 0.15) is 0 Å². The Hall–Kier alpha value is -2.95. The molecule has 5 heteroatoms. The second-order valence-corrected chi connectivity index (χ2v) is 4.69. The Morgan fingerprint density at radius 3 is 2.41 bits per heavy atom. The predicted molar refractivity (Wildman–Crippen MR) is 84.7 cm³/mol. The SMILES string of the molecule is COc1ccc(NC(=O)n2c[c]c3cc(OC)ccc32)cc1. The van der Waals surface area contributed by atoms with Crippen LogP contribution in [0.3, 0.4) is 0 Å². The molecule has 111 valence electrons. The summed E-state index contributed by atoms with van der Waals surface area (Å²) in [6.07, 6.45) is 1.61. The summed E-state index contributed by atoms with van der Waals surface area (Å²) in [5.41, 5.74) is 1.47. The van der Waals surface area contributed by atoms with Gasteiger partial charge in [-0.25, -0.2) is 4.79 Å². The Balaban J connectivity index is 1.85. The van der Waals surface area contributed by atoms with Gasteiger partial charge in [0, 0.05) is 23.3 Å². The lowest BCUT2D eigenvalue weighted by Gasteiger charge is -2.08. The topological polar surface area (TPSA) is 52.5 Å². The summed E-state index contributed by atoms with van der Waals surface area (Å²) in [6, 6.07) is 15.4. The first kappa shape index (κ1) is 14.0. The van der Waals surface area contributed by atoms with E-state index in [1.54, 1.807) is 44.7 Å². The van der Waals surface area contributed by atoms with Gasteiger partial charge in [-0.3, -0.25) is 4.57 Å². The maximum absolute atomic E-state index is 12.4. The number of nitrogens with zero attached hydrogens (tertiary/aromatic N) is 1. The molecule has 1 heterocycles. The number of anilines is 1. The monoisotopic (exact) mass is 295 g/mol. The number of carbonyl (C=O) groups is 1. The molecule has 0 spiro atoms. The fraction of sp³-hybridized carbons (Fsp3) is 0.118. The zero-order valence-corrected chi connectivity index (χ0v) is 12.3. The normalized spacial score (nSPS) is 10.5. The van der Waals surface area contributed by atoms with Gasteiger partial charge in [0.15, 0.2) is 0 Å². The molecular weight excluding hydrogens is 280 g/mol. The molecule has 0 unspecified atom stereocenters. The standard InChI is InChI=1S/C17H15N2O3/c1-21-14-5-3-13(4-6-14)18-17(20)19-10-9-12-11-15(22-2)7-8-16(12)19/h3-8,10-11H,1-2H3,(H,18,20). The van der Waals surface area contributed by atoms with E-state index in [9.17, 15) is 4.79 Å². The second kappa shape index (κ2) is 5.81. The van der Waals surface area contributed by atoms with Gasteiger partial charge in [0.25, 0.3) is 0 Å². The molecule has 0 aliphatic heterocycles. The average Bonchev–Trinajstić information content (AvgIpc) is 2.98. The molecule has 1 aromatic heterocycles. The lowest BCUT2D eigenvalue weighted by molar-refractivity contribution is 0.254. The summed E-state index contributed by atoms with van der Waals surface area (Å²) >= 11 is 0. The first-order chi connectivity index (χ1) is 10.7. The summed E-state index contributed by atoms with van der Waals surface area (Å²) in [6.45, 7) is 0. The average molecular weight is 295 g/mol. The minimum absolute atomic E-state index is 0.249. The first-order valence-electron chi connectivity index (χ1n) is 6.73. The van der Waals surface area contributed by atoms with Gasteiger partial charge in [0.1, 0.15) is 11.5 Å². The van der Waals surface area contributed by atoms with E-state index in [-0.39, 0.29) is 6.03 Å². The molecule has 0 aliphatic rings. The quantitative estimate of drug-likeness (QED) is 0.804. The summed E-state index contributed by atoms with van der Waals surface area (Å²) in [7, 11) is 3.21. The van der Waals surface area contributed by atoms with Gasteiger partial charge in [-0.05, 0) is 42.5 Å². The van der Waals surface area contributed by atoms with Crippen LogP contribution in [0.4, 0.5) is 10.5 Å². The number of fused-ring (bicyclic) bond motifs is 1. The lowest BCUT2D eigenvalue weighted by Crippen LogP contribution is -2.18. The summed E-state index contributed by atoms with van der Waals surface area (Å²) in [4.78, 5) is 12.4. The van der Waals surface area contributed by atoms with Crippen LogP contribution in [-0.2, 0) is 0 Å². The summed E-state index contributed by atoms with van der Waals surface area (Å²) < 4.78 is 11.8. The van der Waals surface area contributed by atoms with E-state index in [0.29, 0.717) is 5.69 Å². The highest BCUT2D eigenvalue weighted by atomic mass is 16.5. The van der Waals surface area contributed by atoms with Gasteiger partial charge >= 0.3 is 6.03 Å². The highest BCUT2D eigenvalue weighted by Crippen LogP contribution is 2.22. The molecule has 0 fully saturated rings. The molecule has 5 nitrogen and oxygen atoms in total. The van der Waals surface area contributed by atoms with Gasteiger partial charge in [-0.15, -0.1) is 0 Å². The van der Waals surface area contributed by atoms with Crippen LogP contribution in [0.25, 0.3) is 10.9 Å². The maximum Gasteiger partial charge on any atom is 0.330 e. The number of aromatic nitrogens is 1. The number of hydrogen-bond donors (Lipinski definition) is 1. The molecule has 0 bridgehead atoms. The number of ether oxygens (including phenoxy) is 2. The van der Waals surface area contributed by atoms with Crippen molar-refractivity contribution >= 4 is 22.6 Å². The van der Waals surface area contributed by atoms with E-state index in [2.05, 4.69) is 11.4 Å². The molecule has 1 radical (unpaired) electrons. The number of rotatable bonds is 3. The predicted octanol–water partition coefficient (Wildman–Crippen LogP) is 3.54. The molecular formula is C17H15N2O3. The highest BCUT2D eigenvalue weighted by Gasteiger charge is 2.10. The van der Waals surface area contributed by atoms with Gasteiger partial charge in [0.05, 0.1) is 19.7 Å². The van der Waals surface area contributed by atoms with Crippen molar-refractivity contribution in [3.63, 3.8) is 0 Å². The van der Waals surface area contributed by atoms with Crippen molar-refractivity contribution in [3.8, 4) is 11.5 Å². The fourth-order valence-electron chi connectivity index (χ4n) is 2.20. The van der Waals surface area contributed by atoms with Crippen LogP contribution < -0.4 is 14.8 Å². The third-order valence-electron chi connectivity index (χ3n) is 3.37. The van der Waals surface area contributed by atoms with Crippen molar-refractivity contribution in [1.82, 2.24) is 4.57 Å². The van der Waals surface area contributed by atoms with Gasteiger partial charge in [0.2, 0.25) is 0 Å². The van der Waals surface area contributed by atoms with Gasteiger partial charge in [-0.2, -0.15) is 0 Å². The Morgan fingerprint density at radius 2 is 1.73 bits per heavy atom. The largest absolute Gasteiger partial charge is 0.497 e. The van der Waals surface area contributed by atoms with Gasteiger partial charge in [-0.1, -0.05) is 0 Å². The minimum Gasteiger partial charge on any atom is -0.497 e. The van der Waals surface area contributed by atoms with Crippen LogP contribution in [0, 0.1) is 6.07 Å². The molecule has 3 rings (SSSR count). The van der Waals surface area contributed by atoms with Crippen LogP contribution in [0.5, 0.6) is 11.5 Å². The highest BCUT2D eigenvalue weighted by molar-refractivity contribution is 5.98. The second-order valence-electron chi connectivity index (χ2n) is 4.69. The smallest absolute Gasteiger partial charge is 0.330 e. The summed E-state index contributed by atoms with van der Waals surface area (Å²) in [5.74, 6) is 1.47. The van der Waals surface area contributed by atoms with Crippen molar-refractivity contribution in [2.24, 2.45) is 0 Å². The number of methoxy groups -OCH3 is 2. The Morgan fingerprint density at radius 1 is 1.05 bits per heavy atom. The third-order valence-corrected chi connectivity index (χ3v) is 3.37. The molecule has 22 heavy (non-hydrogen) atoms. The Kier molecular flexibility index (Phi) is 3.70. The number of hydrogen-bond acceptors (Lipinski definition) is 3. The van der Waals surface area contributed by atoms with E-state index in [0.717, 1.165) is 22.4 Å². The van der Waals surface area contributed by atoms with Crippen molar-refractivity contribution in [2.45, 2.75) is 0 Å². The molecule has 0 atom stereocenters. The molecule has 0 saturated carbocycles. The van der Waals surface area contributed by atoms with Crippen LogP contribution >= 0.6 is 0 Å². The molecule has 3 aromatic rings. The van der Waals surface area contributed by atoms with E-state index < -0.39 is 0 Å². The zero-order valence-electron chi connectivity index (χ0n) is 12.3. The molecule has 2 aromatic carbocycles. The summed E-state index contributed by atoms with van der Waals surface area (Å²) in [5, 5.41) is 3.66. The molecule has 1 amide bonds.